The highest BCUT2D eigenvalue weighted by molar-refractivity contribution is 5.95. The van der Waals surface area contributed by atoms with Gasteiger partial charge in [0.15, 0.2) is 0 Å². The van der Waals surface area contributed by atoms with Gasteiger partial charge in [0.2, 0.25) is 5.82 Å². The Morgan fingerprint density at radius 1 is 1.39 bits per heavy atom. The molecule has 7 heteroatoms. The average molecular weight is 258 g/mol. The summed E-state index contributed by atoms with van der Waals surface area (Å²) in [7, 11) is 0. The van der Waals surface area contributed by atoms with Gasteiger partial charge in [-0.2, -0.15) is 4.39 Å². The van der Waals surface area contributed by atoms with Gasteiger partial charge >= 0.3 is 5.69 Å². The number of carbonyl (C=O) groups is 1. The number of benzene rings is 1. The monoisotopic (exact) mass is 258 g/mol. The highest BCUT2D eigenvalue weighted by Crippen LogP contribution is 2.21. The van der Waals surface area contributed by atoms with Crippen molar-refractivity contribution >= 4 is 11.6 Å². The molecule has 0 fully saturated rings. The number of halogens is 2. The van der Waals surface area contributed by atoms with Gasteiger partial charge in [0.05, 0.1) is 10.5 Å². The molecule has 1 aromatic rings. The fourth-order valence-corrected chi connectivity index (χ4v) is 1.24. The summed E-state index contributed by atoms with van der Waals surface area (Å²) in [6, 6.07) is 0.933. The van der Waals surface area contributed by atoms with Crippen LogP contribution in [0.3, 0.4) is 0 Å². The molecular formula is C11H12F2N2O3. The van der Waals surface area contributed by atoms with Gasteiger partial charge in [-0.05, 0) is 5.92 Å². The maximum absolute atomic E-state index is 13.3. The molecule has 0 heterocycles. The molecule has 0 aliphatic heterocycles. The topological polar surface area (TPSA) is 72.2 Å². The number of nitro groups is 1. The first-order valence-corrected chi connectivity index (χ1v) is 5.24. The molecule has 1 N–H and O–H groups in total. The lowest BCUT2D eigenvalue weighted by Gasteiger charge is -2.08. The molecule has 0 aliphatic rings. The van der Waals surface area contributed by atoms with Crippen LogP contribution in [0.2, 0.25) is 0 Å². The van der Waals surface area contributed by atoms with Crippen molar-refractivity contribution in [3.05, 3.63) is 39.4 Å². The summed E-state index contributed by atoms with van der Waals surface area (Å²) in [5.41, 5.74) is -1.46. The molecule has 0 bridgehead atoms. The summed E-state index contributed by atoms with van der Waals surface area (Å²) in [6.45, 7) is 3.97. The van der Waals surface area contributed by atoms with Gasteiger partial charge in [0, 0.05) is 18.7 Å². The van der Waals surface area contributed by atoms with Crippen LogP contribution in [-0.2, 0) is 0 Å². The van der Waals surface area contributed by atoms with Crippen molar-refractivity contribution in [1.29, 1.82) is 0 Å². The standard InChI is InChI=1S/C11H12F2N2O3/c1-6(2)5-14-11(16)7-3-10(15(17)18)9(13)4-8(7)12/h3-4,6H,5H2,1-2H3,(H,14,16). The predicted molar refractivity (Wildman–Crippen MR) is 60.2 cm³/mol. The molecule has 0 aliphatic carbocycles. The van der Waals surface area contributed by atoms with Crippen molar-refractivity contribution in [3.8, 4) is 0 Å². The average Bonchev–Trinajstić information content (AvgIpc) is 2.25. The molecule has 18 heavy (non-hydrogen) atoms. The minimum atomic E-state index is -1.31. The third-order valence-corrected chi connectivity index (χ3v) is 2.15. The summed E-state index contributed by atoms with van der Waals surface area (Å²) in [5.74, 6) is -3.09. The van der Waals surface area contributed by atoms with Gasteiger partial charge < -0.3 is 5.32 Å². The molecule has 1 aromatic carbocycles. The van der Waals surface area contributed by atoms with Crippen LogP contribution >= 0.6 is 0 Å². The van der Waals surface area contributed by atoms with E-state index in [1.54, 1.807) is 0 Å². The lowest BCUT2D eigenvalue weighted by molar-refractivity contribution is -0.387. The summed E-state index contributed by atoms with van der Waals surface area (Å²) < 4.78 is 26.4. The van der Waals surface area contributed by atoms with E-state index in [1.807, 2.05) is 13.8 Å². The number of carbonyl (C=O) groups excluding carboxylic acids is 1. The van der Waals surface area contributed by atoms with Crippen molar-refractivity contribution in [1.82, 2.24) is 5.32 Å². The fraction of sp³-hybridized carbons (Fsp3) is 0.364. The number of hydrogen-bond donors (Lipinski definition) is 1. The van der Waals surface area contributed by atoms with Gasteiger partial charge in [-0.15, -0.1) is 0 Å². The first kappa shape index (κ1) is 14.0. The lowest BCUT2D eigenvalue weighted by atomic mass is 10.1. The maximum atomic E-state index is 13.3. The molecule has 0 spiro atoms. The Labute approximate surface area is 102 Å². The summed E-state index contributed by atoms with van der Waals surface area (Å²) >= 11 is 0. The zero-order valence-corrected chi connectivity index (χ0v) is 9.87. The van der Waals surface area contributed by atoms with E-state index < -0.39 is 33.7 Å². The van der Waals surface area contributed by atoms with E-state index in [9.17, 15) is 23.7 Å². The van der Waals surface area contributed by atoms with E-state index in [4.69, 9.17) is 0 Å². The minimum Gasteiger partial charge on any atom is -0.352 e. The Kier molecular flexibility index (Phi) is 4.30. The first-order chi connectivity index (χ1) is 8.32. The molecule has 1 rings (SSSR count). The Bertz CT molecular complexity index is 489. The fourth-order valence-electron chi connectivity index (χ4n) is 1.24. The molecule has 0 saturated carbocycles. The van der Waals surface area contributed by atoms with Crippen LogP contribution in [0, 0.1) is 27.7 Å². The number of rotatable bonds is 4. The third kappa shape index (κ3) is 3.22. The highest BCUT2D eigenvalue weighted by atomic mass is 19.1. The largest absolute Gasteiger partial charge is 0.352 e. The number of nitro benzene ring substituents is 1. The van der Waals surface area contributed by atoms with Gasteiger partial charge in [-0.25, -0.2) is 4.39 Å². The van der Waals surface area contributed by atoms with Crippen LogP contribution in [0.15, 0.2) is 12.1 Å². The normalized spacial score (nSPS) is 10.5. The van der Waals surface area contributed by atoms with Gasteiger partial charge in [-0.1, -0.05) is 13.8 Å². The third-order valence-electron chi connectivity index (χ3n) is 2.15. The lowest BCUT2D eigenvalue weighted by Crippen LogP contribution is -2.28. The molecule has 5 nitrogen and oxygen atoms in total. The first-order valence-electron chi connectivity index (χ1n) is 5.24. The SMILES string of the molecule is CC(C)CNC(=O)c1cc([N+](=O)[O-])c(F)cc1F. The number of hydrogen-bond acceptors (Lipinski definition) is 3. The minimum absolute atomic E-state index is 0.146. The Morgan fingerprint density at radius 2 is 2.00 bits per heavy atom. The van der Waals surface area contributed by atoms with Gasteiger partial charge in [0.25, 0.3) is 5.91 Å². The smallest absolute Gasteiger partial charge is 0.305 e. The Hall–Kier alpha value is -2.05. The van der Waals surface area contributed by atoms with Crippen LogP contribution in [0.5, 0.6) is 0 Å². The zero-order valence-electron chi connectivity index (χ0n) is 9.87. The van der Waals surface area contributed by atoms with E-state index in [2.05, 4.69) is 5.32 Å². The molecule has 0 radical (unpaired) electrons. The van der Waals surface area contributed by atoms with Gasteiger partial charge in [-0.3, -0.25) is 14.9 Å². The van der Waals surface area contributed by atoms with Crippen LogP contribution in [-0.4, -0.2) is 17.4 Å². The Morgan fingerprint density at radius 3 is 2.50 bits per heavy atom. The van der Waals surface area contributed by atoms with Gasteiger partial charge in [0.1, 0.15) is 5.82 Å². The summed E-state index contributed by atoms with van der Waals surface area (Å²) in [6.07, 6.45) is 0. The Balaban J connectivity index is 3.05. The molecule has 0 atom stereocenters. The number of amides is 1. The van der Waals surface area contributed by atoms with Crippen LogP contribution in [0.4, 0.5) is 14.5 Å². The predicted octanol–water partition coefficient (Wildman–Crippen LogP) is 2.26. The van der Waals surface area contributed by atoms with E-state index in [0.717, 1.165) is 0 Å². The number of nitrogens with zero attached hydrogens (tertiary/aromatic N) is 1. The molecular weight excluding hydrogens is 246 g/mol. The molecule has 0 aromatic heterocycles. The second kappa shape index (κ2) is 5.52. The van der Waals surface area contributed by atoms with Crippen LogP contribution < -0.4 is 5.32 Å². The molecule has 1 amide bonds. The van der Waals surface area contributed by atoms with Crippen molar-refractivity contribution in [2.75, 3.05) is 6.54 Å². The van der Waals surface area contributed by atoms with E-state index in [1.165, 1.54) is 0 Å². The number of nitrogens with one attached hydrogen (secondary N) is 1. The van der Waals surface area contributed by atoms with Crippen LogP contribution in [0.1, 0.15) is 24.2 Å². The van der Waals surface area contributed by atoms with Crippen molar-refractivity contribution in [2.45, 2.75) is 13.8 Å². The zero-order chi connectivity index (χ0) is 13.9. The van der Waals surface area contributed by atoms with Crippen LogP contribution in [0.25, 0.3) is 0 Å². The van der Waals surface area contributed by atoms with E-state index in [-0.39, 0.29) is 5.92 Å². The van der Waals surface area contributed by atoms with E-state index in [0.29, 0.717) is 18.7 Å². The molecule has 0 unspecified atom stereocenters. The second-order valence-electron chi connectivity index (χ2n) is 4.14. The molecule has 98 valence electrons. The highest BCUT2D eigenvalue weighted by Gasteiger charge is 2.22. The second-order valence-corrected chi connectivity index (χ2v) is 4.14. The van der Waals surface area contributed by atoms with E-state index >= 15 is 0 Å². The molecule has 0 saturated heterocycles. The van der Waals surface area contributed by atoms with Crippen molar-refractivity contribution in [2.24, 2.45) is 5.92 Å². The maximum Gasteiger partial charge on any atom is 0.305 e. The summed E-state index contributed by atoms with van der Waals surface area (Å²) in [4.78, 5) is 21.0. The van der Waals surface area contributed by atoms with Crippen molar-refractivity contribution < 1.29 is 18.5 Å². The quantitative estimate of drug-likeness (QED) is 0.665. The summed E-state index contributed by atoms with van der Waals surface area (Å²) in [5, 5.41) is 12.9. The van der Waals surface area contributed by atoms with Crippen molar-refractivity contribution in [3.63, 3.8) is 0 Å².